The van der Waals surface area contributed by atoms with Crippen LogP contribution in [0.3, 0.4) is 0 Å². The number of nitrogens with two attached hydrogens (primary N) is 1. The molecule has 19 heavy (non-hydrogen) atoms. The van der Waals surface area contributed by atoms with Crippen molar-refractivity contribution in [3.05, 3.63) is 11.4 Å². The number of amides is 1. The molecule has 1 saturated heterocycles. The molecule has 2 atom stereocenters. The standard InChI is InChI=1S/C14H24N4O/c1-5-18-13(12(15)11(4)16-18)14(19)17-7-6-9(2)10(3)8-17/h9-10H,5-8,15H2,1-4H3. The van der Waals surface area contributed by atoms with Gasteiger partial charge in [0.1, 0.15) is 5.69 Å². The van der Waals surface area contributed by atoms with Gasteiger partial charge >= 0.3 is 0 Å². The molecule has 106 valence electrons. The molecule has 0 spiro atoms. The van der Waals surface area contributed by atoms with Crippen LogP contribution in [0, 0.1) is 18.8 Å². The quantitative estimate of drug-likeness (QED) is 0.887. The number of carbonyl (C=O) groups excluding carboxylic acids is 1. The second kappa shape index (κ2) is 5.23. The van der Waals surface area contributed by atoms with Gasteiger partial charge in [0.15, 0.2) is 0 Å². The second-order valence-electron chi connectivity index (χ2n) is 5.66. The molecule has 1 amide bonds. The molecule has 2 unspecified atom stereocenters. The van der Waals surface area contributed by atoms with Gasteiger partial charge < -0.3 is 10.6 Å². The van der Waals surface area contributed by atoms with E-state index >= 15 is 0 Å². The third kappa shape index (κ3) is 2.46. The minimum absolute atomic E-state index is 0.0266. The van der Waals surface area contributed by atoms with Gasteiger partial charge in [-0.3, -0.25) is 9.48 Å². The predicted molar refractivity (Wildman–Crippen MR) is 75.9 cm³/mol. The summed E-state index contributed by atoms with van der Waals surface area (Å²) in [5.74, 6) is 1.25. The third-order valence-electron chi connectivity index (χ3n) is 4.30. The molecular formula is C14H24N4O. The van der Waals surface area contributed by atoms with E-state index in [0.29, 0.717) is 29.8 Å². The zero-order valence-electron chi connectivity index (χ0n) is 12.3. The lowest BCUT2D eigenvalue weighted by molar-refractivity contribution is 0.0616. The van der Waals surface area contributed by atoms with E-state index in [4.69, 9.17) is 5.73 Å². The largest absolute Gasteiger partial charge is 0.395 e. The molecule has 2 N–H and O–H groups in total. The summed E-state index contributed by atoms with van der Waals surface area (Å²) in [6, 6.07) is 0. The number of nitrogens with zero attached hydrogens (tertiary/aromatic N) is 3. The maximum atomic E-state index is 12.7. The topological polar surface area (TPSA) is 64.2 Å². The van der Waals surface area contributed by atoms with Gasteiger partial charge in [0.05, 0.1) is 11.4 Å². The number of likely N-dealkylation sites (tertiary alicyclic amines) is 1. The van der Waals surface area contributed by atoms with Crippen molar-refractivity contribution < 1.29 is 4.79 Å². The van der Waals surface area contributed by atoms with Gasteiger partial charge in [-0.15, -0.1) is 0 Å². The summed E-state index contributed by atoms with van der Waals surface area (Å²) in [4.78, 5) is 14.6. The number of rotatable bonds is 2. The molecule has 2 heterocycles. The fourth-order valence-electron chi connectivity index (χ4n) is 2.65. The molecule has 5 nitrogen and oxygen atoms in total. The SMILES string of the molecule is CCn1nc(C)c(N)c1C(=O)N1CCC(C)C(C)C1. The molecule has 1 aliphatic heterocycles. The average molecular weight is 264 g/mol. The van der Waals surface area contributed by atoms with Gasteiger partial charge in [0.2, 0.25) is 0 Å². The normalized spacial score (nSPS) is 23.7. The van der Waals surface area contributed by atoms with E-state index in [0.717, 1.165) is 25.2 Å². The number of carbonyl (C=O) groups is 1. The summed E-state index contributed by atoms with van der Waals surface area (Å²) in [5, 5.41) is 4.32. The van der Waals surface area contributed by atoms with Crippen molar-refractivity contribution in [2.75, 3.05) is 18.8 Å². The smallest absolute Gasteiger partial charge is 0.274 e. The first kappa shape index (κ1) is 13.9. The van der Waals surface area contributed by atoms with Crippen molar-refractivity contribution in [1.82, 2.24) is 14.7 Å². The zero-order valence-corrected chi connectivity index (χ0v) is 12.3. The number of aromatic nitrogens is 2. The molecular weight excluding hydrogens is 240 g/mol. The number of aryl methyl sites for hydroxylation is 2. The van der Waals surface area contributed by atoms with Crippen LogP contribution in [0.1, 0.15) is 43.4 Å². The van der Waals surface area contributed by atoms with Crippen molar-refractivity contribution in [2.45, 2.75) is 40.7 Å². The minimum atomic E-state index is 0.0266. The van der Waals surface area contributed by atoms with E-state index in [1.54, 1.807) is 4.68 Å². The Morgan fingerprint density at radius 1 is 1.42 bits per heavy atom. The lowest BCUT2D eigenvalue weighted by Gasteiger charge is -2.35. The maximum absolute atomic E-state index is 12.7. The van der Waals surface area contributed by atoms with Crippen LogP contribution in [-0.4, -0.2) is 33.7 Å². The van der Waals surface area contributed by atoms with Gasteiger partial charge in [-0.2, -0.15) is 5.10 Å². The van der Waals surface area contributed by atoms with Crippen LogP contribution in [-0.2, 0) is 6.54 Å². The highest BCUT2D eigenvalue weighted by Gasteiger charge is 2.30. The summed E-state index contributed by atoms with van der Waals surface area (Å²) in [6.07, 6.45) is 1.06. The van der Waals surface area contributed by atoms with Gasteiger partial charge in [-0.05, 0) is 32.1 Å². The number of piperidine rings is 1. The average Bonchev–Trinajstić information content (AvgIpc) is 2.68. The van der Waals surface area contributed by atoms with Crippen LogP contribution in [0.15, 0.2) is 0 Å². The Bertz CT molecular complexity index is 480. The first-order valence-corrected chi connectivity index (χ1v) is 7.07. The summed E-state index contributed by atoms with van der Waals surface area (Å²) in [6.45, 7) is 10.6. The van der Waals surface area contributed by atoms with Crippen molar-refractivity contribution >= 4 is 11.6 Å². The molecule has 0 aromatic carbocycles. The van der Waals surface area contributed by atoms with E-state index < -0.39 is 0 Å². The maximum Gasteiger partial charge on any atom is 0.274 e. The molecule has 0 bridgehead atoms. The Morgan fingerprint density at radius 2 is 2.11 bits per heavy atom. The summed E-state index contributed by atoms with van der Waals surface area (Å²) in [7, 11) is 0. The van der Waals surface area contributed by atoms with Crippen molar-refractivity contribution in [1.29, 1.82) is 0 Å². The fraction of sp³-hybridized carbons (Fsp3) is 0.714. The van der Waals surface area contributed by atoms with Gasteiger partial charge in [0, 0.05) is 19.6 Å². The van der Waals surface area contributed by atoms with E-state index in [-0.39, 0.29) is 5.91 Å². The molecule has 0 saturated carbocycles. The van der Waals surface area contributed by atoms with Crippen LogP contribution in [0.4, 0.5) is 5.69 Å². The molecule has 0 aliphatic carbocycles. The van der Waals surface area contributed by atoms with Gasteiger partial charge in [-0.1, -0.05) is 13.8 Å². The lowest BCUT2D eigenvalue weighted by atomic mass is 9.88. The number of nitrogen functional groups attached to an aromatic ring is 1. The molecule has 1 aromatic heterocycles. The molecule has 1 aromatic rings. The highest BCUT2D eigenvalue weighted by atomic mass is 16.2. The predicted octanol–water partition coefficient (Wildman–Crippen LogP) is 1.91. The third-order valence-corrected chi connectivity index (χ3v) is 4.30. The lowest BCUT2D eigenvalue weighted by Crippen LogP contribution is -2.43. The Hall–Kier alpha value is -1.52. The van der Waals surface area contributed by atoms with Gasteiger partial charge in [-0.25, -0.2) is 0 Å². The molecule has 1 aliphatic rings. The van der Waals surface area contributed by atoms with Crippen molar-refractivity contribution in [2.24, 2.45) is 11.8 Å². The summed E-state index contributed by atoms with van der Waals surface area (Å²) in [5.41, 5.74) is 7.84. The highest BCUT2D eigenvalue weighted by molar-refractivity contribution is 5.98. The number of hydrogen-bond acceptors (Lipinski definition) is 3. The monoisotopic (exact) mass is 264 g/mol. The molecule has 0 radical (unpaired) electrons. The Labute approximate surface area is 114 Å². The van der Waals surface area contributed by atoms with Crippen LogP contribution in [0.25, 0.3) is 0 Å². The van der Waals surface area contributed by atoms with E-state index in [1.807, 2.05) is 18.7 Å². The summed E-state index contributed by atoms with van der Waals surface area (Å²) < 4.78 is 1.72. The fourth-order valence-corrected chi connectivity index (χ4v) is 2.65. The van der Waals surface area contributed by atoms with Crippen molar-refractivity contribution in [3.63, 3.8) is 0 Å². The highest BCUT2D eigenvalue weighted by Crippen LogP contribution is 2.25. The van der Waals surface area contributed by atoms with Crippen LogP contribution in [0.5, 0.6) is 0 Å². The van der Waals surface area contributed by atoms with E-state index in [9.17, 15) is 4.79 Å². The zero-order chi connectivity index (χ0) is 14.2. The van der Waals surface area contributed by atoms with Gasteiger partial charge in [0.25, 0.3) is 5.91 Å². The van der Waals surface area contributed by atoms with Crippen LogP contribution >= 0.6 is 0 Å². The Morgan fingerprint density at radius 3 is 2.68 bits per heavy atom. The summed E-state index contributed by atoms with van der Waals surface area (Å²) >= 11 is 0. The molecule has 2 rings (SSSR count). The number of hydrogen-bond donors (Lipinski definition) is 1. The Balaban J connectivity index is 2.25. The first-order valence-electron chi connectivity index (χ1n) is 7.07. The first-order chi connectivity index (χ1) is 8.95. The molecule has 5 heteroatoms. The Kier molecular flexibility index (Phi) is 3.83. The minimum Gasteiger partial charge on any atom is -0.395 e. The van der Waals surface area contributed by atoms with Crippen LogP contribution < -0.4 is 5.73 Å². The van der Waals surface area contributed by atoms with E-state index in [1.165, 1.54) is 0 Å². The number of anilines is 1. The molecule has 1 fully saturated rings. The van der Waals surface area contributed by atoms with E-state index in [2.05, 4.69) is 18.9 Å². The van der Waals surface area contributed by atoms with Crippen molar-refractivity contribution in [3.8, 4) is 0 Å². The second-order valence-corrected chi connectivity index (χ2v) is 5.66. The van der Waals surface area contributed by atoms with Crippen LogP contribution in [0.2, 0.25) is 0 Å².